The van der Waals surface area contributed by atoms with Crippen LogP contribution in [-0.4, -0.2) is 11.9 Å². The van der Waals surface area contributed by atoms with Crippen LogP contribution >= 0.6 is 0 Å². The van der Waals surface area contributed by atoms with Crippen molar-refractivity contribution in [1.82, 2.24) is 5.32 Å². The molecule has 1 unspecified atom stereocenters. The first-order valence-electron chi connectivity index (χ1n) is 7.60. The van der Waals surface area contributed by atoms with Crippen molar-refractivity contribution in [2.45, 2.75) is 58.5 Å². The zero-order valence-electron chi connectivity index (χ0n) is 12.8. The normalized spacial score (nSPS) is 24.4. The molecular formula is C17H26N2O. The van der Waals surface area contributed by atoms with Crippen LogP contribution in [0.2, 0.25) is 0 Å². The van der Waals surface area contributed by atoms with Crippen LogP contribution in [0.4, 0.5) is 0 Å². The maximum atomic E-state index is 11.2. The average molecular weight is 274 g/mol. The quantitative estimate of drug-likeness (QED) is 0.886. The van der Waals surface area contributed by atoms with Crippen molar-refractivity contribution in [1.29, 1.82) is 0 Å². The van der Waals surface area contributed by atoms with E-state index in [1.165, 1.54) is 16.7 Å². The molecule has 0 bridgehead atoms. The number of primary amides is 1. The second-order valence-corrected chi connectivity index (χ2v) is 6.20. The Hall–Kier alpha value is -1.35. The van der Waals surface area contributed by atoms with E-state index in [1.54, 1.807) is 0 Å². The van der Waals surface area contributed by atoms with Gasteiger partial charge in [-0.3, -0.25) is 4.79 Å². The lowest BCUT2D eigenvalue weighted by Gasteiger charge is -2.30. The largest absolute Gasteiger partial charge is 0.369 e. The van der Waals surface area contributed by atoms with Crippen LogP contribution in [0.25, 0.3) is 0 Å². The number of nitrogens with two attached hydrogens (primary N) is 1. The molecule has 1 aromatic carbocycles. The van der Waals surface area contributed by atoms with E-state index in [-0.39, 0.29) is 11.8 Å². The summed E-state index contributed by atoms with van der Waals surface area (Å²) in [6.07, 6.45) is 3.94. The van der Waals surface area contributed by atoms with Crippen molar-refractivity contribution in [3.63, 3.8) is 0 Å². The molecule has 0 aliphatic heterocycles. The molecule has 0 spiro atoms. The van der Waals surface area contributed by atoms with Crippen molar-refractivity contribution < 1.29 is 4.79 Å². The molecule has 3 heteroatoms. The van der Waals surface area contributed by atoms with Gasteiger partial charge < -0.3 is 11.1 Å². The minimum absolute atomic E-state index is 0.0871. The fraction of sp³-hybridized carbons (Fsp3) is 0.588. The van der Waals surface area contributed by atoms with Crippen molar-refractivity contribution in [3.8, 4) is 0 Å². The van der Waals surface area contributed by atoms with Gasteiger partial charge in [0.25, 0.3) is 0 Å². The Kier molecular flexibility index (Phi) is 4.81. The number of amides is 1. The maximum Gasteiger partial charge on any atom is 0.220 e. The van der Waals surface area contributed by atoms with Crippen LogP contribution < -0.4 is 11.1 Å². The molecule has 0 aromatic heterocycles. The monoisotopic (exact) mass is 274 g/mol. The SMILES string of the molecule is Cc1ccc(C)c(C(C)NC2CCC(C(N)=O)CC2)c1. The molecule has 0 radical (unpaired) electrons. The number of hydrogen-bond acceptors (Lipinski definition) is 2. The maximum absolute atomic E-state index is 11.2. The molecule has 110 valence electrons. The Morgan fingerprint density at radius 1 is 1.25 bits per heavy atom. The van der Waals surface area contributed by atoms with Gasteiger partial charge in [-0.2, -0.15) is 0 Å². The van der Waals surface area contributed by atoms with Gasteiger partial charge in [-0.1, -0.05) is 23.8 Å². The van der Waals surface area contributed by atoms with Gasteiger partial charge in [-0.15, -0.1) is 0 Å². The fourth-order valence-corrected chi connectivity index (χ4v) is 3.21. The summed E-state index contributed by atoms with van der Waals surface area (Å²) in [4.78, 5) is 11.2. The van der Waals surface area contributed by atoms with Crippen LogP contribution in [0.1, 0.15) is 55.3 Å². The third-order valence-corrected chi connectivity index (χ3v) is 4.52. The highest BCUT2D eigenvalue weighted by atomic mass is 16.1. The number of carbonyl (C=O) groups excluding carboxylic acids is 1. The van der Waals surface area contributed by atoms with Crippen LogP contribution in [-0.2, 0) is 4.79 Å². The predicted molar refractivity (Wildman–Crippen MR) is 82.4 cm³/mol. The number of carbonyl (C=O) groups is 1. The van der Waals surface area contributed by atoms with Gasteiger partial charge in [0.2, 0.25) is 5.91 Å². The molecule has 2 rings (SSSR count). The van der Waals surface area contributed by atoms with E-state index in [9.17, 15) is 4.79 Å². The second kappa shape index (κ2) is 6.40. The molecule has 1 fully saturated rings. The minimum atomic E-state index is -0.133. The molecule has 0 heterocycles. The third kappa shape index (κ3) is 3.60. The predicted octanol–water partition coefficient (Wildman–Crippen LogP) is 3.00. The van der Waals surface area contributed by atoms with Gasteiger partial charge >= 0.3 is 0 Å². The number of nitrogens with one attached hydrogen (secondary N) is 1. The van der Waals surface area contributed by atoms with Gasteiger partial charge in [0.15, 0.2) is 0 Å². The summed E-state index contributed by atoms with van der Waals surface area (Å²) < 4.78 is 0. The molecular weight excluding hydrogens is 248 g/mol. The van der Waals surface area contributed by atoms with Crippen LogP contribution in [0.3, 0.4) is 0 Å². The Morgan fingerprint density at radius 2 is 1.90 bits per heavy atom. The van der Waals surface area contributed by atoms with Crippen LogP contribution in [0, 0.1) is 19.8 Å². The fourth-order valence-electron chi connectivity index (χ4n) is 3.21. The summed E-state index contributed by atoms with van der Waals surface area (Å²) in [7, 11) is 0. The molecule has 1 amide bonds. The van der Waals surface area contributed by atoms with E-state index in [0.717, 1.165) is 25.7 Å². The van der Waals surface area contributed by atoms with Crippen LogP contribution in [0.15, 0.2) is 18.2 Å². The van der Waals surface area contributed by atoms with E-state index < -0.39 is 0 Å². The molecule has 20 heavy (non-hydrogen) atoms. The lowest BCUT2D eigenvalue weighted by atomic mass is 9.85. The molecule has 1 aliphatic rings. The van der Waals surface area contributed by atoms with Crippen molar-refractivity contribution in [3.05, 3.63) is 34.9 Å². The Morgan fingerprint density at radius 3 is 2.50 bits per heavy atom. The van der Waals surface area contributed by atoms with Crippen molar-refractivity contribution in [2.24, 2.45) is 11.7 Å². The number of rotatable bonds is 4. The molecule has 1 aromatic rings. The minimum Gasteiger partial charge on any atom is -0.369 e. The molecule has 3 N–H and O–H groups in total. The second-order valence-electron chi connectivity index (χ2n) is 6.20. The summed E-state index contributed by atoms with van der Waals surface area (Å²) in [5, 5.41) is 3.71. The zero-order chi connectivity index (χ0) is 14.7. The highest BCUT2D eigenvalue weighted by Crippen LogP contribution is 2.27. The number of aryl methyl sites for hydroxylation is 2. The van der Waals surface area contributed by atoms with E-state index in [2.05, 4.69) is 44.3 Å². The number of hydrogen-bond donors (Lipinski definition) is 2. The first-order chi connectivity index (χ1) is 9.47. The highest BCUT2D eigenvalue weighted by molar-refractivity contribution is 5.76. The summed E-state index contributed by atoms with van der Waals surface area (Å²) in [5.74, 6) is -0.0462. The van der Waals surface area contributed by atoms with Crippen molar-refractivity contribution in [2.75, 3.05) is 0 Å². The summed E-state index contributed by atoms with van der Waals surface area (Å²) in [6.45, 7) is 6.52. The van der Waals surface area contributed by atoms with E-state index in [4.69, 9.17) is 5.73 Å². The lowest BCUT2D eigenvalue weighted by Crippen LogP contribution is -2.38. The van der Waals surface area contributed by atoms with E-state index in [1.807, 2.05) is 0 Å². The molecule has 0 saturated heterocycles. The standard InChI is InChI=1S/C17H26N2O/c1-11-4-5-12(2)16(10-11)13(3)19-15-8-6-14(7-9-15)17(18)20/h4-5,10,13-15,19H,6-9H2,1-3H3,(H2,18,20). The van der Waals surface area contributed by atoms with E-state index in [0.29, 0.717) is 12.1 Å². The first-order valence-corrected chi connectivity index (χ1v) is 7.60. The third-order valence-electron chi connectivity index (χ3n) is 4.52. The molecule has 3 nitrogen and oxygen atoms in total. The average Bonchev–Trinajstić information content (AvgIpc) is 2.42. The molecule has 1 saturated carbocycles. The topological polar surface area (TPSA) is 55.1 Å². The zero-order valence-corrected chi connectivity index (χ0v) is 12.8. The Balaban J connectivity index is 1.94. The van der Waals surface area contributed by atoms with Gasteiger partial charge in [0, 0.05) is 18.0 Å². The summed E-state index contributed by atoms with van der Waals surface area (Å²) in [5.41, 5.74) is 9.40. The summed E-state index contributed by atoms with van der Waals surface area (Å²) in [6, 6.07) is 7.46. The summed E-state index contributed by atoms with van der Waals surface area (Å²) >= 11 is 0. The highest BCUT2D eigenvalue weighted by Gasteiger charge is 2.25. The number of benzene rings is 1. The van der Waals surface area contributed by atoms with Gasteiger partial charge in [-0.25, -0.2) is 0 Å². The Bertz CT molecular complexity index is 476. The van der Waals surface area contributed by atoms with Crippen molar-refractivity contribution >= 4 is 5.91 Å². The Labute approximate surface area is 121 Å². The van der Waals surface area contributed by atoms with E-state index >= 15 is 0 Å². The van der Waals surface area contributed by atoms with Gasteiger partial charge in [0.1, 0.15) is 0 Å². The lowest BCUT2D eigenvalue weighted by molar-refractivity contribution is -0.122. The molecule has 1 atom stereocenters. The van der Waals surface area contributed by atoms with Gasteiger partial charge in [-0.05, 0) is 57.6 Å². The molecule has 1 aliphatic carbocycles. The van der Waals surface area contributed by atoms with Crippen LogP contribution in [0.5, 0.6) is 0 Å². The smallest absolute Gasteiger partial charge is 0.220 e. The first kappa shape index (κ1) is 15.0. The van der Waals surface area contributed by atoms with Gasteiger partial charge in [0.05, 0.1) is 0 Å².